The van der Waals surface area contributed by atoms with Crippen molar-refractivity contribution in [1.29, 1.82) is 0 Å². The lowest BCUT2D eigenvalue weighted by atomic mass is 10.1. The molecule has 0 heterocycles. The second kappa shape index (κ2) is 8.64. The first-order valence-electron chi connectivity index (χ1n) is 8.17. The lowest BCUT2D eigenvalue weighted by Gasteiger charge is -2.16. The van der Waals surface area contributed by atoms with Crippen LogP contribution < -0.4 is 15.8 Å². The van der Waals surface area contributed by atoms with Gasteiger partial charge in [0.2, 0.25) is 10.0 Å². The number of primary sulfonamides is 1. The fraction of sp³-hybridized carbons (Fsp3) is 0.278. The third-order valence-corrected chi connectivity index (χ3v) is 5.28. The van der Waals surface area contributed by atoms with Gasteiger partial charge in [-0.1, -0.05) is 35.9 Å². The summed E-state index contributed by atoms with van der Waals surface area (Å²) in [7, 11) is -3.72. The molecule has 0 fully saturated rings. The molecule has 0 aliphatic rings. The summed E-state index contributed by atoms with van der Waals surface area (Å²) in [4.78, 5) is 12.2. The maximum Gasteiger partial charge on any atom is 0.275 e. The predicted octanol–water partition coefficient (Wildman–Crippen LogP) is 1.49. The molecular formula is C18H23ClN3O3S+. The van der Waals surface area contributed by atoms with Crippen LogP contribution in [0.15, 0.2) is 53.4 Å². The van der Waals surface area contributed by atoms with Crippen LogP contribution in [0.1, 0.15) is 37.1 Å². The summed E-state index contributed by atoms with van der Waals surface area (Å²) >= 11 is 5.99. The molecule has 0 unspecified atom stereocenters. The van der Waals surface area contributed by atoms with Gasteiger partial charge in [-0.3, -0.25) is 4.79 Å². The molecule has 2 rings (SSSR count). The molecule has 2 atom stereocenters. The molecule has 6 nitrogen and oxygen atoms in total. The Morgan fingerprint density at radius 3 is 2.38 bits per heavy atom. The minimum atomic E-state index is -3.72. The molecule has 0 radical (unpaired) electrons. The molecule has 0 bridgehead atoms. The van der Waals surface area contributed by atoms with Gasteiger partial charge in [0.25, 0.3) is 5.91 Å². The number of amides is 1. The van der Waals surface area contributed by atoms with Crippen molar-refractivity contribution in [2.45, 2.75) is 30.8 Å². The maximum absolute atomic E-state index is 12.2. The highest BCUT2D eigenvalue weighted by Crippen LogP contribution is 2.16. The number of hydrogen-bond donors (Lipinski definition) is 3. The molecule has 2 aromatic rings. The normalized spacial score (nSPS) is 13.8. The Labute approximate surface area is 158 Å². The lowest BCUT2D eigenvalue weighted by molar-refractivity contribution is -0.682. The summed E-state index contributed by atoms with van der Waals surface area (Å²) in [6, 6.07) is 13.6. The summed E-state index contributed by atoms with van der Waals surface area (Å²) in [6.07, 6.45) is 0. The second-order valence-electron chi connectivity index (χ2n) is 6.19. The quantitative estimate of drug-likeness (QED) is 0.660. The average Bonchev–Trinajstić information content (AvgIpc) is 2.59. The summed E-state index contributed by atoms with van der Waals surface area (Å²) in [5, 5.41) is 10.6. The molecule has 0 aliphatic heterocycles. The third kappa shape index (κ3) is 5.81. The van der Waals surface area contributed by atoms with Crippen molar-refractivity contribution in [1.82, 2.24) is 5.32 Å². The van der Waals surface area contributed by atoms with Crippen molar-refractivity contribution < 1.29 is 18.5 Å². The van der Waals surface area contributed by atoms with Crippen LogP contribution in [-0.2, 0) is 14.8 Å². The molecule has 0 aromatic heterocycles. The molecular weight excluding hydrogens is 374 g/mol. The van der Waals surface area contributed by atoms with Gasteiger partial charge in [0, 0.05) is 10.6 Å². The van der Waals surface area contributed by atoms with Crippen molar-refractivity contribution >= 4 is 27.5 Å². The van der Waals surface area contributed by atoms with E-state index in [-0.39, 0.29) is 29.4 Å². The van der Waals surface area contributed by atoms with Crippen LogP contribution in [0.5, 0.6) is 0 Å². The lowest BCUT2D eigenvalue weighted by Crippen LogP contribution is -2.87. The smallest absolute Gasteiger partial charge is 0.275 e. The molecule has 0 saturated carbocycles. The van der Waals surface area contributed by atoms with Crippen molar-refractivity contribution in [3.05, 3.63) is 64.7 Å². The molecule has 0 aliphatic carbocycles. The third-order valence-electron chi connectivity index (χ3n) is 4.12. The average molecular weight is 397 g/mol. The number of benzene rings is 2. The Morgan fingerprint density at radius 2 is 1.81 bits per heavy atom. The van der Waals surface area contributed by atoms with Crippen molar-refractivity contribution in [3.8, 4) is 0 Å². The number of carbonyl (C=O) groups excluding carboxylic acids is 1. The zero-order valence-electron chi connectivity index (χ0n) is 14.6. The van der Waals surface area contributed by atoms with Crippen LogP contribution in [0.4, 0.5) is 0 Å². The Balaban J connectivity index is 1.89. The van der Waals surface area contributed by atoms with Crippen LogP contribution >= 0.6 is 11.6 Å². The van der Waals surface area contributed by atoms with Crippen LogP contribution in [0.3, 0.4) is 0 Å². The number of quaternary nitrogens is 1. The van der Waals surface area contributed by atoms with E-state index in [1.54, 1.807) is 12.1 Å². The van der Waals surface area contributed by atoms with E-state index in [9.17, 15) is 13.2 Å². The van der Waals surface area contributed by atoms with Gasteiger partial charge in [0.1, 0.15) is 6.04 Å². The zero-order valence-corrected chi connectivity index (χ0v) is 16.2. The van der Waals surface area contributed by atoms with Crippen molar-refractivity contribution in [2.75, 3.05) is 6.54 Å². The minimum absolute atomic E-state index is 0.0449. The number of nitrogens with one attached hydrogen (secondary N) is 1. The Bertz CT molecular complexity index is 870. The topological polar surface area (TPSA) is 106 Å². The number of sulfonamides is 1. The Hall–Kier alpha value is -1.93. The van der Waals surface area contributed by atoms with E-state index < -0.39 is 10.0 Å². The monoisotopic (exact) mass is 396 g/mol. The molecule has 26 heavy (non-hydrogen) atoms. The number of rotatable bonds is 7. The number of hydrogen-bond acceptors (Lipinski definition) is 3. The van der Waals surface area contributed by atoms with Gasteiger partial charge in [-0.25, -0.2) is 13.6 Å². The van der Waals surface area contributed by atoms with E-state index in [0.29, 0.717) is 5.02 Å². The van der Waals surface area contributed by atoms with Gasteiger partial charge in [0.15, 0.2) is 6.54 Å². The second-order valence-corrected chi connectivity index (χ2v) is 8.18. The van der Waals surface area contributed by atoms with Gasteiger partial charge in [-0.2, -0.15) is 0 Å². The molecule has 5 N–H and O–H groups in total. The first-order chi connectivity index (χ1) is 12.2. The highest BCUT2D eigenvalue weighted by atomic mass is 35.5. The number of halogens is 1. The van der Waals surface area contributed by atoms with Crippen LogP contribution in [0, 0.1) is 0 Å². The summed E-state index contributed by atoms with van der Waals surface area (Å²) in [5.74, 6) is -0.109. The Morgan fingerprint density at radius 1 is 1.15 bits per heavy atom. The zero-order chi connectivity index (χ0) is 19.3. The highest BCUT2D eigenvalue weighted by Gasteiger charge is 2.15. The minimum Gasteiger partial charge on any atom is -0.345 e. The van der Waals surface area contributed by atoms with Gasteiger partial charge in [-0.05, 0) is 43.7 Å². The van der Waals surface area contributed by atoms with Crippen molar-refractivity contribution in [2.24, 2.45) is 5.14 Å². The van der Waals surface area contributed by atoms with E-state index in [1.165, 1.54) is 12.1 Å². The standard InChI is InChI=1S/C18H22ClN3O3S/c1-12(15-4-3-5-16(19)10-15)21-11-18(23)22-13(2)14-6-8-17(9-7-14)26(20,24)25/h3-10,12-13,21H,11H2,1-2H3,(H,22,23)(H2,20,24,25)/p+1/t12-,13-/m1/s1. The van der Waals surface area contributed by atoms with Crippen LogP contribution in [0.2, 0.25) is 5.02 Å². The van der Waals surface area contributed by atoms with Gasteiger partial charge < -0.3 is 10.6 Å². The van der Waals surface area contributed by atoms with E-state index in [0.717, 1.165) is 11.1 Å². The molecule has 8 heteroatoms. The first kappa shape index (κ1) is 20.4. The number of carbonyl (C=O) groups is 1. The summed E-state index contributed by atoms with van der Waals surface area (Å²) < 4.78 is 22.5. The van der Waals surface area contributed by atoms with E-state index in [4.69, 9.17) is 16.7 Å². The fourth-order valence-corrected chi connectivity index (χ4v) is 3.25. The van der Waals surface area contributed by atoms with Gasteiger partial charge >= 0.3 is 0 Å². The predicted molar refractivity (Wildman–Crippen MR) is 101 cm³/mol. The first-order valence-corrected chi connectivity index (χ1v) is 10.1. The highest BCUT2D eigenvalue weighted by molar-refractivity contribution is 7.89. The molecule has 0 spiro atoms. The molecule has 140 valence electrons. The van der Waals surface area contributed by atoms with Crippen LogP contribution in [0.25, 0.3) is 0 Å². The number of nitrogens with two attached hydrogens (primary N) is 2. The largest absolute Gasteiger partial charge is 0.345 e. The van der Waals surface area contributed by atoms with E-state index in [2.05, 4.69) is 5.32 Å². The summed E-state index contributed by atoms with van der Waals surface area (Å²) in [6.45, 7) is 4.12. The van der Waals surface area contributed by atoms with Crippen molar-refractivity contribution in [3.63, 3.8) is 0 Å². The van der Waals surface area contributed by atoms with Crippen LogP contribution in [-0.4, -0.2) is 20.9 Å². The maximum atomic E-state index is 12.2. The molecule has 1 amide bonds. The van der Waals surface area contributed by atoms with Gasteiger partial charge in [0.05, 0.1) is 10.9 Å². The van der Waals surface area contributed by atoms with E-state index in [1.807, 2.05) is 43.4 Å². The Kier molecular flexibility index (Phi) is 6.77. The molecule has 2 aromatic carbocycles. The SMILES string of the molecule is C[C@@H](NC(=O)C[NH2+][C@H](C)c1cccc(Cl)c1)c1ccc(S(N)(=O)=O)cc1. The van der Waals surface area contributed by atoms with E-state index >= 15 is 0 Å². The molecule has 0 saturated heterocycles. The van der Waals surface area contributed by atoms with Gasteiger partial charge in [-0.15, -0.1) is 0 Å². The summed E-state index contributed by atoms with van der Waals surface area (Å²) in [5.41, 5.74) is 1.85. The fourth-order valence-electron chi connectivity index (χ4n) is 2.54.